The number of nitro groups is 1. The van der Waals surface area contributed by atoms with E-state index in [9.17, 15) is 10.1 Å². The van der Waals surface area contributed by atoms with E-state index in [-0.39, 0.29) is 17.8 Å². The number of non-ortho nitro benzene ring substituents is 1. The Morgan fingerprint density at radius 1 is 0.970 bits per heavy atom. The first-order chi connectivity index (χ1) is 16.1. The van der Waals surface area contributed by atoms with Gasteiger partial charge in [-0.05, 0) is 54.2 Å². The fourth-order valence-electron chi connectivity index (χ4n) is 4.28. The van der Waals surface area contributed by atoms with Crippen molar-refractivity contribution in [1.82, 2.24) is 19.8 Å². The third-order valence-electron chi connectivity index (χ3n) is 5.82. The molecule has 0 spiro atoms. The van der Waals surface area contributed by atoms with Gasteiger partial charge in [-0.2, -0.15) is 0 Å². The highest BCUT2D eigenvalue weighted by atomic mass is 32.1. The van der Waals surface area contributed by atoms with Gasteiger partial charge in [-0.25, -0.2) is 0 Å². The minimum Gasteiger partial charge on any atom is -0.352 e. The minimum absolute atomic E-state index is 0.0632. The number of aromatic nitrogens is 2. The summed E-state index contributed by atoms with van der Waals surface area (Å²) in [6, 6.07) is 26.4. The molecule has 2 aromatic heterocycles. The molecule has 1 saturated heterocycles. The van der Waals surface area contributed by atoms with Gasteiger partial charge in [0.25, 0.3) is 5.69 Å². The Morgan fingerprint density at radius 3 is 2.42 bits per heavy atom. The van der Waals surface area contributed by atoms with Gasteiger partial charge in [0.2, 0.25) is 0 Å². The Labute approximate surface area is 196 Å². The maximum Gasteiger partial charge on any atom is 0.269 e. The zero-order valence-corrected chi connectivity index (χ0v) is 18.4. The van der Waals surface area contributed by atoms with E-state index in [1.54, 1.807) is 18.3 Å². The minimum atomic E-state index is -0.391. The zero-order valence-electron chi connectivity index (χ0n) is 17.6. The monoisotopic (exact) mass is 455 g/mol. The maximum atomic E-state index is 11.1. The van der Waals surface area contributed by atoms with Gasteiger partial charge in [-0.15, -0.1) is 0 Å². The summed E-state index contributed by atoms with van der Waals surface area (Å²) < 4.78 is 2.05. The van der Waals surface area contributed by atoms with Gasteiger partial charge in [0.15, 0.2) is 5.11 Å². The lowest BCUT2D eigenvalue weighted by Crippen LogP contribution is -2.30. The van der Waals surface area contributed by atoms with Crippen molar-refractivity contribution in [2.45, 2.75) is 18.6 Å². The summed E-state index contributed by atoms with van der Waals surface area (Å²) in [4.78, 5) is 17.5. The maximum absolute atomic E-state index is 11.1. The van der Waals surface area contributed by atoms with Crippen LogP contribution in [0.2, 0.25) is 0 Å². The van der Waals surface area contributed by atoms with Crippen LogP contribution < -0.4 is 5.32 Å². The second-order valence-corrected chi connectivity index (χ2v) is 8.20. The Kier molecular flexibility index (Phi) is 5.58. The summed E-state index contributed by atoms with van der Waals surface area (Å²) in [6.07, 6.45) is 3.75. The van der Waals surface area contributed by atoms with E-state index in [1.165, 1.54) is 12.1 Å². The quantitative estimate of drug-likeness (QED) is 0.252. The van der Waals surface area contributed by atoms with Gasteiger partial charge in [0, 0.05) is 42.5 Å². The molecule has 1 fully saturated rings. The number of rotatable bonds is 6. The van der Waals surface area contributed by atoms with Crippen LogP contribution in [-0.2, 0) is 6.54 Å². The molecule has 0 radical (unpaired) electrons. The zero-order chi connectivity index (χ0) is 22.8. The fourth-order valence-corrected chi connectivity index (χ4v) is 4.59. The molecule has 4 aromatic rings. The highest BCUT2D eigenvalue weighted by Crippen LogP contribution is 2.40. The van der Waals surface area contributed by atoms with Crippen LogP contribution in [0.25, 0.3) is 5.69 Å². The molecule has 5 rings (SSSR count). The molecule has 0 amide bonds. The molecule has 1 aliphatic rings. The van der Waals surface area contributed by atoms with Gasteiger partial charge in [0.1, 0.15) is 0 Å². The van der Waals surface area contributed by atoms with Crippen LogP contribution in [0.4, 0.5) is 5.69 Å². The molecule has 0 aliphatic carbocycles. The topological polar surface area (TPSA) is 76.2 Å². The number of thiocarbonyl (C=S) groups is 1. The second kappa shape index (κ2) is 8.84. The first kappa shape index (κ1) is 20.8. The number of nitro benzene ring substituents is 1. The van der Waals surface area contributed by atoms with E-state index in [1.807, 2.05) is 48.7 Å². The SMILES string of the molecule is O=[N+]([O-])c1ccc(-n2cccc2[C@H]2[C@H](c3ccccn3)NC(=S)N2Cc2ccccc2)cc1. The predicted octanol–water partition coefficient (Wildman–Crippen LogP) is 4.95. The largest absolute Gasteiger partial charge is 0.352 e. The van der Waals surface area contributed by atoms with Crippen LogP contribution in [0.5, 0.6) is 0 Å². The van der Waals surface area contributed by atoms with Crippen molar-refractivity contribution in [3.63, 3.8) is 0 Å². The summed E-state index contributed by atoms with van der Waals surface area (Å²) in [5.41, 5.74) is 3.98. The number of nitrogens with zero attached hydrogens (tertiary/aromatic N) is 4. The average molecular weight is 456 g/mol. The molecule has 0 saturated carbocycles. The van der Waals surface area contributed by atoms with Gasteiger partial charge < -0.3 is 14.8 Å². The van der Waals surface area contributed by atoms with Gasteiger partial charge in [-0.1, -0.05) is 36.4 Å². The summed E-state index contributed by atoms with van der Waals surface area (Å²) in [7, 11) is 0. The van der Waals surface area contributed by atoms with Crippen LogP contribution in [0, 0.1) is 10.1 Å². The van der Waals surface area contributed by atoms with E-state index in [0.29, 0.717) is 11.7 Å². The lowest BCUT2D eigenvalue weighted by molar-refractivity contribution is -0.384. The molecule has 33 heavy (non-hydrogen) atoms. The van der Waals surface area contributed by atoms with Crippen LogP contribution in [0.1, 0.15) is 29.0 Å². The highest BCUT2D eigenvalue weighted by Gasteiger charge is 2.41. The first-order valence-electron chi connectivity index (χ1n) is 10.6. The third-order valence-corrected chi connectivity index (χ3v) is 6.17. The standard InChI is InChI=1S/C25H21N5O2S/c31-30(32)20-13-11-19(12-14-20)28-16-6-10-22(28)24-23(21-9-4-5-15-26-21)27-25(33)29(24)17-18-7-2-1-3-8-18/h1-16,23-24H,17H2,(H,27,33)/t23-,24-/m0/s1. The van der Waals surface area contributed by atoms with Crippen LogP contribution in [0.15, 0.2) is 97.3 Å². The molecule has 1 aliphatic heterocycles. The molecule has 3 heterocycles. The molecule has 164 valence electrons. The molecular formula is C25H21N5O2S. The molecule has 2 atom stereocenters. The van der Waals surface area contributed by atoms with Gasteiger partial charge >= 0.3 is 0 Å². The first-order valence-corrected chi connectivity index (χ1v) is 11.0. The van der Waals surface area contributed by atoms with Crippen LogP contribution in [-0.4, -0.2) is 24.5 Å². The van der Waals surface area contributed by atoms with E-state index in [0.717, 1.165) is 22.6 Å². The number of hydrogen-bond acceptors (Lipinski definition) is 4. The number of hydrogen-bond donors (Lipinski definition) is 1. The lowest BCUT2D eigenvalue weighted by Gasteiger charge is -2.29. The smallest absolute Gasteiger partial charge is 0.269 e. The average Bonchev–Trinajstić information content (AvgIpc) is 3.45. The van der Waals surface area contributed by atoms with E-state index >= 15 is 0 Å². The van der Waals surface area contributed by atoms with Gasteiger partial charge in [0.05, 0.1) is 22.7 Å². The molecule has 7 nitrogen and oxygen atoms in total. The Hall–Kier alpha value is -4.04. The van der Waals surface area contributed by atoms with Crippen molar-refractivity contribution < 1.29 is 4.92 Å². The third kappa shape index (κ3) is 4.08. The molecule has 1 N–H and O–H groups in total. The Balaban J connectivity index is 1.58. The second-order valence-electron chi connectivity index (χ2n) is 7.82. The van der Waals surface area contributed by atoms with Crippen LogP contribution >= 0.6 is 12.2 Å². The number of pyridine rings is 1. The normalized spacial score (nSPS) is 17.7. The van der Waals surface area contributed by atoms with Crippen molar-refractivity contribution in [2.24, 2.45) is 0 Å². The van der Waals surface area contributed by atoms with Crippen molar-refractivity contribution in [2.75, 3.05) is 0 Å². The molecule has 2 aromatic carbocycles. The summed E-state index contributed by atoms with van der Waals surface area (Å²) in [6.45, 7) is 0.645. The van der Waals surface area contributed by atoms with Crippen molar-refractivity contribution in [3.05, 3.63) is 124 Å². The van der Waals surface area contributed by atoms with E-state index in [2.05, 4.69) is 38.0 Å². The summed E-state index contributed by atoms with van der Waals surface area (Å²) in [5.74, 6) is 0. The molecular weight excluding hydrogens is 434 g/mol. The van der Waals surface area contributed by atoms with Crippen molar-refractivity contribution in [3.8, 4) is 5.69 Å². The molecule has 0 bridgehead atoms. The number of nitrogens with one attached hydrogen (secondary N) is 1. The van der Waals surface area contributed by atoms with Crippen molar-refractivity contribution in [1.29, 1.82) is 0 Å². The predicted molar refractivity (Wildman–Crippen MR) is 130 cm³/mol. The fraction of sp³-hybridized carbons (Fsp3) is 0.120. The highest BCUT2D eigenvalue weighted by molar-refractivity contribution is 7.80. The lowest BCUT2D eigenvalue weighted by atomic mass is 10.0. The Bertz CT molecular complexity index is 1280. The van der Waals surface area contributed by atoms with E-state index in [4.69, 9.17) is 12.2 Å². The van der Waals surface area contributed by atoms with Crippen molar-refractivity contribution >= 4 is 23.0 Å². The summed E-state index contributed by atoms with van der Waals surface area (Å²) in [5, 5.41) is 15.2. The number of benzene rings is 2. The van der Waals surface area contributed by atoms with Crippen LogP contribution in [0.3, 0.4) is 0 Å². The molecule has 8 heteroatoms. The van der Waals surface area contributed by atoms with E-state index < -0.39 is 4.92 Å². The Morgan fingerprint density at radius 2 is 1.73 bits per heavy atom. The summed E-state index contributed by atoms with van der Waals surface area (Å²) >= 11 is 5.78. The van der Waals surface area contributed by atoms with Gasteiger partial charge in [-0.3, -0.25) is 15.1 Å². The molecule has 0 unspecified atom stereocenters.